The maximum atomic E-state index is 11.4. The van der Waals surface area contributed by atoms with Crippen LogP contribution in [0.1, 0.15) is 17.4 Å². The average Bonchev–Trinajstić information content (AvgIpc) is 2.17. The molecule has 0 radical (unpaired) electrons. The smallest absolute Gasteiger partial charge is 0.268 e. The molecule has 0 unspecified atom stereocenters. The van der Waals surface area contributed by atoms with Gasteiger partial charge in [-0.25, -0.2) is 0 Å². The van der Waals surface area contributed by atoms with Crippen LogP contribution in [-0.4, -0.2) is 28.6 Å². The molecule has 5 heteroatoms. The number of carbonyl (C=O) groups is 1. The molecule has 14 heavy (non-hydrogen) atoms. The number of pyridine rings is 1. The van der Waals surface area contributed by atoms with Gasteiger partial charge < -0.3 is 15.4 Å². The van der Waals surface area contributed by atoms with E-state index in [9.17, 15) is 9.59 Å². The van der Waals surface area contributed by atoms with Crippen LogP contribution in [0.2, 0.25) is 0 Å². The van der Waals surface area contributed by atoms with Gasteiger partial charge in [-0.2, -0.15) is 0 Å². The van der Waals surface area contributed by atoms with Crippen LogP contribution in [0.3, 0.4) is 0 Å². The first-order chi connectivity index (χ1) is 6.63. The van der Waals surface area contributed by atoms with Crippen molar-refractivity contribution < 1.29 is 9.90 Å². The summed E-state index contributed by atoms with van der Waals surface area (Å²) < 4.78 is 0. The molecular formula is C9H12N2O3. The Morgan fingerprint density at radius 1 is 1.64 bits per heavy atom. The zero-order valence-electron chi connectivity index (χ0n) is 7.78. The van der Waals surface area contributed by atoms with Crippen LogP contribution in [0.15, 0.2) is 23.0 Å². The molecular weight excluding hydrogens is 184 g/mol. The van der Waals surface area contributed by atoms with Gasteiger partial charge in [0.1, 0.15) is 5.69 Å². The van der Waals surface area contributed by atoms with Crippen LogP contribution < -0.4 is 10.9 Å². The van der Waals surface area contributed by atoms with E-state index in [4.69, 9.17) is 5.11 Å². The Bertz CT molecular complexity index is 372. The first-order valence-corrected chi connectivity index (χ1v) is 4.24. The van der Waals surface area contributed by atoms with E-state index in [1.54, 1.807) is 6.92 Å². The van der Waals surface area contributed by atoms with Crippen LogP contribution in [0.25, 0.3) is 0 Å². The third kappa shape index (κ3) is 2.70. The summed E-state index contributed by atoms with van der Waals surface area (Å²) in [5.41, 5.74) is -0.132. The number of aliphatic hydroxyl groups excluding tert-OH is 1. The summed E-state index contributed by atoms with van der Waals surface area (Å²) in [4.78, 5) is 24.6. The van der Waals surface area contributed by atoms with E-state index in [2.05, 4.69) is 10.3 Å². The Hall–Kier alpha value is -1.62. The van der Waals surface area contributed by atoms with Crippen molar-refractivity contribution >= 4 is 5.91 Å². The van der Waals surface area contributed by atoms with Crippen molar-refractivity contribution in [3.05, 3.63) is 34.2 Å². The number of H-pyrrole nitrogens is 1. The summed E-state index contributed by atoms with van der Waals surface area (Å²) in [5, 5.41) is 11.2. The van der Waals surface area contributed by atoms with Crippen molar-refractivity contribution in [3.8, 4) is 0 Å². The molecule has 0 aliphatic rings. The van der Waals surface area contributed by atoms with Gasteiger partial charge in [0, 0.05) is 12.1 Å². The fourth-order valence-corrected chi connectivity index (χ4v) is 0.927. The molecule has 0 bridgehead atoms. The predicted molar refractivity (Wildman–Crippen MR) is 51.1 cm³/mol. The molecule has 0 aliphatic carbocycles. The molecule has 0 fully saturated rings. The third-order valence-electron chi connectivity index (χ3n) is 1.66. The molecule has 3 N–H and O–H groups in total. The zero-order valence-corrected chi connectivity index (χ0v) is 7.78. The van der Waals surface area contributed by atoms with Gasteiger partial charge in [0.05, 0.1) is 6.61 Å². The highest BCUT2D eigenvalue weighted by Crippen LogP contribution is 1.91. The second-order valence-corrected chi connectivity index (χ2v) is 2.99. The SMILES string of the molecule is C[C@@H](CO)NC(=O)c1cccc(=O)[nH]1. The highest BCUT2D eigenvalue weighted by atomic mass is 16.3. The number of aromatic amines is 1. The van der Waals surface area contributed by atoms with Crippen molar-refractivity contribution in [1.82, 2.24) is 10.3 Å². The van der Waals surface area contributed by atoms with E-state index in [1.165, 1.54) is 18.2 Å². The summed E-state index contributed by atoms with van der Waals surface area (Å²) in [6.45, 7) is 1.53. The van der Waals surface area contributed by atoms with Crippen LogP contribution in [0, 0.1) is 0 Å². The van der Waals surface area contributed by atoms with Crippen molar-refractivity contribution in [2.24, 2.45) is 0 Å². The minimum atomic E-state index is -0.399. The van der Waals surface area contributed by atoms with Crippen LogP contribution >= 0.6 is 0 Å². The lowest BCUT2D eigenvalue weighted by Gasteiger charge is -2.09. The summed E-state index contributed by atoms with van der Waals surface area (Å²) in [6.07, 6.45) is 0. The highest BCUT2D eigenvalue weighted by molar-refractivity contribution is 5.92. The number of hydrogen-bond donors (Lipinski definition) is 3. The number of aliphatic hydroxyl groups is 1. The molecule has 1 aromatic rings. The first-order valence-electron chi connectivity index (χ1n) is 4.24. The van der Waals surface area contributed by atoms with Crippen LogP contribution in [0.4, 0.5) is 0 Å². The Labute approximate surface area is 80.8 Å². The molecule has 1 atom stereocenters. The van der Waals surface area contributed by atoms with Gasteiger partial charge in [0.15, 0.2) is 0 Å². The quantitative estimate of drug-likeness (QED) is 0.608. The van der Waals surface area contributed by atoms with Crippen molar-refractivity contribution in [2.75, 3.05) is 6.61 Å². The Balaban J connectivity index is 2.75. The largest absolute Gasteiger partial charge is 0.394 e. The maximum absolute atomic E-state index is 11.4. The third-order valence-corrected chi connectivity index (χ3v) is 1.66. The topological polar surface area (TPSA) is 82.2 Å². The second kappa shape index (κ2) is 4.57. The molecule has 0 saturated carbocycles. The summed E-state index contributed by atoms with van der Waals surface area (Å²) in [7, 11) is 0. The van der Waals surface area contributed by atoms with Crippen molar-refractivity contribution in [1.29, 1.82) is 0 Å². The molecule has 5 nitrogen and oxygen atoms in total. The minimum absolute atomic E-state index is 0.136. The Kier molecular flexibility index (Phi) is 3.41. The molecule has 1 rings (SSSR count). The number of amides is 1. The number of nitrogens with one attached hydrogen (secondary N) is 2. The summed E-state index contributed by atoms with van der Waals surface area (Å²) >= 11 is 0. The fourth-order valence-electron chi connectivity index (χ4n) is 0.927. The molecule has 0 aromatic carbocycles. The second-order valence-electron chi connectivity index (χ2n) is 2.99. The minimum Gasteiger partial charge on any atom is -0.394 e. The van der Waals surface area contributed by atoms with Gasteiger partial charge in [-0.1, -0.05) is 6.07 Å². The zero-order chi connectivity index (χ0) is 10.6. The van der Waals surface area contributed by atoms with E-state index >= 15 is 0 Å². The number of hydrogen-bond acceptors (Lipinski definition) is 3. The van der Waals surface area contributed by atoms with E-state index in [-0.39, 0.29) is 23.9 Å². The molecule has 1 aromatic heterocycles. The van der Waals surface area contributed by atoms with Crippen molar-refractivity contribution in [2.45, 2.75) is 13.0 Å². The first kappa shape index (κ1) is 10.5. The van der Waals surface area contributed by atoms with E-state index < -0.39 is 5.91 Å². The molecule has 0 saturated heterocycles. The predicted octanol–water partition coefficient (Wildman–Crippen LogP) is -0.514. The molecule has 0 aliphatic heterocycles. The van der Waals surface area contributed by atoms with Gasteiger partial charge >= 0.3 is 0 Å². The monoisotopic (exact) mass is 196 g/mol. The van der Waals surface area contributed by atoms with E-state index in [0.29, 0.717) is 0 Å². The van der Waals surface area contributed by atoms with Gasteiger partial charge in [-0.05, 0) is 13.0 Å². The number of aromatic nitrogens is 1. The standard InChI is InChI=1S/C9H12N2O3/c1-6(5-12)10-9(14)7-3-2-4-8(13)11-7/h2-4,6,12H,5H2,1H3,(H,10,14)(H,11,13)/t6-/m0/s1. The molecule has 76 valence electrons. The van der Waals surface area contributed by atoms with E-state index in [1.807, 2.05) is 0 Å². The van der Waals surface area contributed by atoms with Crippen LogP contribution in [0.5, 0.6) is 0 Å². The summed E-state index contributed by atoms with van der Waals surface area (Å²) in [6, 6.07) is 4.00. The van der Waals surface area contributed by atoms with Gasteiger partial charge in [-0.15, -0.1) is 0 Å². The number of rotatable bonds is 3. The Morgan fingerprint density at radius 3 is 2.93 bits per heavy atom. The van der Waals surface area contributed by atoms with Crippen LogP contribution in [-0.2, 0) is 0 Å². The van der Waals surface area contributed by atoms with Gasteiger partial charge in [-0.3, -0.25) is 9.59 Å². The maximum Gasteiger partial charge on any atom is 0.268 e. The highest BCUT2D eigenvalue weighted by Gasteiger charge is 2.08. The average molecular weight is 196 g/mol. The number of carbonyl (C=O) groups excluding carboxylic acids is 1. The van der Waals surface area contributed by atoms with Gasteiger partial charge in [0.2, 0.25) is 5.56 Å². The lowest BCUT2D eigenvalue weighted by atomic mass is 10.3. The Morgan fingerprint density at radius 2 is 2.36 bits per heavy atom. The molecule has 1 heterocycles. The fraction of sp³-hybridized carbons (Fsp3) is 0.333. The van der Waals surface area contributed by atoms with E-state index in [0.717, 1.165) is 0 Å². The normalized spacial score (nSPS) is 12.1. The lowest BCUT2D eigenvalue weighted by molar-refractivity contribution is 0.0917. The van der Waals surface area contributed by atoms with Gasteiger partial charge in [0.25, 0.3) is 5.91 Å². The van der Waals surface area contributed by atoms with Crippen molar-refractivity contribution in [3.63, 3.8) is 0 Å². The lowest BCUT2D eigenvalue weighted by Crippen LogP contribution is -2.36. The summed E-state index contributed by atoms with van der Waals surface area (Å²) in [5.74, 6) is -0.399. The molecule has 0 spiro atoms. The molecule has 1 amide bonds.